The lowest BCUT2D eigenvalue weighted by Gasteiger charge is -2.36. The maximum absolute atomic E-state index is 14.0. The van der Waals surface area contributed by atoms with Crippen LogP contribution in [0.2, 0.25) is 0 Å². The van der Waals surface area contributed by atoms with E-state index in [1.807, 2.05) is 24.3 Å². The molecule has 1 amide bonds. The number of aromatic nitrogens is 3. The minimum absolute atomic E-state index is 0.174. The molecule has 0 unspecified atom stereocenters. The van der Waals surface area contributed by atoms with Crippen LogP contribution in [-0.4, -0.2) is 38.7 Å². The van der Waals surface area contributed by atoms with Crippen molar-refractivity contribution in [3.63, 3.8) is 0 Å². The molecule has 0 bridgehead atoms. The smallest absolute Gasteiger partial charge is 0.264 e. The van der Waals surface area contributed by atoms with Crippen LogP contribution in [0.15, 0.2) is 54.9 Å². The van der Waals surface area contributed by atoms with E-state index < -0.39 is 23.9 Å². The van der Waals surface area contributed by atoms with E-state index in [2.05, 4.69) is 20.7 Å². The van der Waals surface area contributed by atoms with Crippen molar-refractivity contribution in [2.45, 2.75) is 37.3 Å². The molecule has 0 radical (unpaired) electrons. The van der Waals surface area contributed by atoms with Crippen LogP contribution in [-0.2, 0) is 0 Å². The molecule has 0 aliphatic heterocycles. The Hall–Kier alpha value is -3.53. The first kappa shape index (κ1) is 20.7. The number of carbonyl (C=O) groups is 1. The number of carbonyl (C=O) groups excluding carboxylic acids is 1. The van der Waals surface area contributed by atoms with Gasteiger partial charge in [0.2, 0.25) is 0 Å². The highest BCUT2D eigenvalue weighted by molar-refractivity contribution is 5.98. The van der Waals surface area contributed by atoms with E-state index in [0.29, 0.717) is 24.3 Å². The van der Waals surface area contributed by atoms with Crippen LogP contribution < -0.4 is 22.1 Å². The Morgan fingerprint density at radius 2 is 2.06 bits per heavy atom. The number of halogens is 2. The molecule has 10 heteroatoms. The summed E-state index contributed by atoms with van der Waals surface area (Å²) in [6.07, 6.45) is 4.12. The monoisotopic (exact) mass is 427 g/mol. The molecular formula is C21H23F2N7O. The topological polar surface area (TPSA) is 124 Å². The van der Waals surface area contributed by atoms with Crippen LogP contribution in [0.4, 0.5) is 26.1 Å². The molecule has 1 fully saturated rings. The summed E-state index contributed by atoms with van der Waals surface area (Å²) in [5.74, 6) is -3.05. The van der Waals surface area contributed by atoms with Crippen molar-refractivity contribution in [2.24, 2.45) is 11.5 Å². The zero-order valence-electron chi connectivity index (χ0n) is 16.6. The zero-order valence-corrected chi connectivity index (χ0v) is 16.6. The number of primary amides is 1. The Balaban J connectivity index is 1.60. The standard InChI is InChI=1S/C21H23F2N7O/c22-21(23)9-2-6-16(18(21)24)28-17-8-7-15(19(25)31)20(29-17)27-13-4-1-5-14(12-13)30-11-3-10-26-30/h1,3-5,7-8,10-12,16,18H,2,6,9,24H2,(H2,25,31)(H2,27,28,29)/t16-,18-/m1/s1. The van der Waals surface area contributed by atoms with Gasteiger partial charge in [-0.3, -0.25) is 4.79 Å². The van der Waals surface area contributed by atoms with Gasteiger partial charge in [-0.2, -0.15) is 5.10 Å². The predicted octanol–water partition coefficient (Wildman–Crippen LogP) is 3.04. The largest absolute Gasteiger partial charge is 0.365 e. The number of benzene rings is 1. The van der Waals surface area contributed by atoms with Crippen molar-refractivity contribution in [3.05, 3.63) is 60.4 Å². The lowest BCUT2D eigenvalue weighted by molar-refractivity contribution is -0.0554. The molecule has 162 valence electrons. The third kappa shape index (κ3) is 4.48. The summed E-state index contributed by atoms with van der Waals surface area (Å²) in [4.78, 5) is 16.3. The number of alkyl halides is 2. The molecule has 4 rings (SSSR count). The van der Waals surface area contributed by atoms with Crippen molar-refractivity contribution < 1.29 is 13.6 Å². The van der Waals surface area contributed by atoms with Crippen LogP contribution in [0.3, 0.4) is 0 Å². The average molecular weight is 427 g/mol. The van der Waals surface area contributed by atoms with Gasteiger partial charge in [-0.05, 0) is 49.2 Å². The van der Waals surface area contributed by atoms with E-state index in [1.54, 1.807) is 23.1 Å². The van der Waals surface area contributed by atoms with E-state index in [0.717, 1.165) is 5.69 Å². The van der Waals surface area contributed by atoms with Gasteiger partial charge in [-0.15, -0.1) is 0 Å². The Bertz CT molecular complexity index is 1070. The quantitative estimate of drug-likeness (QED) is 0.479. The van der Waals surface area contributed by atoms with E-state index in [4.69, 9.17) is 11.5 Å². The molecule has 0 spiro atoms. The van der Waals surface area contributed by atoms with Crippen molar-refractivity contribution in [1.82, 2.24) is 14.8 Å². The van der Waals surface area contributed by atoms with Gasteiger partial charge < -0.3 is 22.1 Å². The number of nitrogens with zero attached hydrogens (tertiary/aromatic N) is 3. The zero-order chi connectivity index (χ0) is 22.0. The molecule has 2 heterocycles. The summed E-state index contributed by atoms with van der Waals surface area (Å²) in [7, 11) is 0. The summed E-state index contributed by atoms with van der Waals surface area (Å²) < 4.78 is 29.6. The lowest BCUT2D eigenvalue weighted by Crippen LogP contribution is -2.55. The molecular weight excluding hydrogens is 404 g/mol. The Kier molecular flexibility index (Phi) is 5.55. The highest BCUT2D eigenvalue weighted by Gasteiger charge is 2.44. The molecule has 1 aliphatic carbocycles. The van der Waals surface area contributed by atoms with Gasteiger partial charge in [0.1, 0.15) is 11.6 Å². The molecule has 3 aromatic rings. The first-order valence-electron chi connectivity index (χ1n) is 9.91. The molecule has 6 N–H and O–H groups in total. The third-order valence-corrected chi connectivity index (χ3v) is 5.32. The molecule has 31 heavy (non-hydrogen) atoms. The Morgan fingerprint density at radius 1 is 1.23 bits per heavy atom. The second-order valence-electron chi connectivity index (χ2n) is 7.51. The lowest BCUT2D eigenvalue weighted by atomic mass is 9.87. The molecule has 1 aliphatic rings. The van der Waals surface area contributed by atoms with Gasteiger partial charge in [0.05, 0.1) is 17.3 Å². The number of anilines is 3. The fourth-order valence-electron chi connectivity index (χ4n) is 3.67. The highest BCUT2D eigenvalue weighted by atomic mass is 19.3. The van der Waals surface area contributed by atoms with Crippen LogP contribution in [0.1, 0.15) is 29.6 Å². The number of amides is 1. The van der Waals surface area contributed by atoms with Gasteiger partial charge in [-0.25, -0.2) is 18.4 Å². The first-order chi connectivity index (χ1) is 14.8. The summed E-state index contributed by atoms with van der Waals surface area (Å²) in [6.45, 7) is 0. The minimum Gasteiger partial charge on any atom is -0.365 e. The number of hydrogen-bond acceptors (Lipinski definition) is 6. The molecule has 2 aromatic heterocycles. The molecule has 0 saturated heterocycles. The van der Waals surface area contributed by atoms with Crippen LogP contribution in [0.25, 0.3) is 5.69 Å². The highest BCUT2D eigenvalue weighted by Crippen LogP contribution is 2.34. The van der Waals surface area contributed by atoms with Gasteiger partial charge in [-0.1, -0.05) is 6.07 Å². The number of hydrogen-bond donors (Lipinski definition) is 4. The van der Waals surface area contributed by atoms with Gasteiger partial charge >= 0.3 is 0 Å². The summed E-state index contributed by atoms with van der Waals surface area (Å²) in [6, 6.07) is 10.2. The Morgan fingerprint density at radius 3 is 2.81 bits per heavy atom. The summed E-state index contributed by atoms with van der Waals surface area (Å²) in [5, 5.41) is 10.3. The number of nitrogens with one attached hydrogen (secondary N) is 2. The summed E-state index contributed by atoms with van der Waals surface area (Å²) >= 11 is 0. The van der Waals surface area contributed by atoms with Crippen molar-refractivity contribution >= 4 is 23.2 Å². The van der Waals surface area contributed by atoms with E-state index in [1.165, 1.54) is 12.1 Å². The van der Waals surface area contributed by atoms with Crippen LogP contribution in [0.5, 0.6) is 0 Å². The van der Waals surface area contributed by atoms with Crippen molar-refractivity contribution in [3.8, 4) is 5.69 Å². The first-order valence-corrected chi connectivity index (χ1v) is 9.91. The average Bonchev–Trinajstić information content (AvgIpc) is 3.27. The molecule has 2 atom stereocenters. The fraction of sp³-hybridized carbons (Fsp3) is 0.286. The second kappa shape index (κ2) is 8.31. The SMILES string of the molecule is NC(=O)c1ccc(N[C@@H]2CCCC(F)(F)[C@@H]2N)nc1Nc1cccc(-n2cccn2)c1. The van der Waals surface area contributed by atoms with E-state index in [9.17, 15) is 13.6 Å². The Labute approximate surface area is 177 Å². The van der Waals surface area contributed by atoms with E-state index >= 15 is 0 Å². The van der Waals surface area contributed by atoms with E-state index in [-0.39, 0.29) is 17.8 Å². The molecule has 1 aromatic carbocycles. The fourth-order valence-corrected chi connectivity index (χ4v) is 3.67. The van der Waals surface area contributed by atoms with Crippen LogP contribution >= 0.6 is 0 Å². The maximum Gasteiger partial charge on any atom is 0.264 e. The van der Waals surface area contributed by atoms with Crippen LogP contribution in [0, 0.1) is 0 Å². The molecule has 8 nitrogen and oxygen atoms in total. The predicted molar refractivity (Wildman–Crippen MR) is 114 cm³/mol. The van der Waals surface area contributed by atoms with Gasteiger partial charge in [0, 0.05) is 30.5 Å². The number of rotatable bonds is 6. The van der Waals surface area contributed by atoms with Crippen molar-refractivity contribution in [1.29, 1.82) is 0 Å². The number of pyridine rings is 1. The minimum atomic E-state index is -2.93. The number of nitrogens with two attached hydrogens (primary N) is 2. The van der Waals surface area contributed by atoms with Gasteiger partial charge in [0.15, 0.2) is 0 Å². The third-order valence-electron chi connectivity index (χ3n) is 5.32. The van der Waals surface area contributed by atoms with Crippen molar-refractivity contribution in [2.75, 3.05) is 10.6 Å². The molecule has 1 saturated carbocycles. The van der Waals surface area contributed by atoms with Gasteiger partial charge in [0.25, 0.3) is 11.8 Å². The summed E-state index contributed by atoms with van der Waals surface area (Å²) in [5.41, 5.74) is 12.9. The maximum atomic E-state index is 14.0. The second-order valence-corrected chi connectivity index (χ2v) is 7.51. The normalized spacial score (nSPS) is 20.2.